The van der Waals surface area contributed by atoms with E-state index in [1.165, 1.54) is 17.3 Å². The average molecular weight is 359 g/mol. The molecule has 1 atom stereocenters. The van der Waals surface area contributed by atoms with E-state index in [-0.39, 0.29) is 11.4 Å². The minimum absolute atomic E-state index is 0.116. The van der Waals surface area contributed by atoms with E-state index in [9.17, 15) is 4.79 Å². The first-order valence-corrected chi connectivity index (χ1v) is 9.68. The van der Waals surface area contributed by atoms with E-state index < -0.39 is 0 Å². The van der Waals surface area contributed by atoms with Gasteiger partial charge in [0.05, 0.1) is 11.7 Å². The number of hydrogen-bond acceptors (Lipinski definition) is 6. The normalized spacial score (nSPS) is 26.5. The summed E-state index contributed by atoms with van der Waals surface area (Å²) in [6.07, 6.45) is 2.67. The van der Waals surface area contributed by atoms with Crippen LogP contribution < -0.4 is 0 Å². The molecule has 0 radical (unpaired) electrons. The maximum absolute atomic E-state index is 12.1. The molecule has 134 valence electrons. The van der Waals surface area contributed by atoms with E-state index in [2.05, 4.69) is 43.8 Å². The largest absolute Gasteiger partial charge is 0.346 e. The second-order valence-corrected chi connectivity index (χ2v) is 8.04. The number of carbonyl (C=O) groups is 1. The Hall–Kier alpha value is -1.57. The molecule has 2 aliphatic heterocycles. The van der Waals surface area contributed by atoms with Crippen molar-refractivity contribution in [2.45, 2.75) is 31.3 Å². The van der Waals surface area contributed by atoms with Crippen molar-refractivity contribution < 1.29 is 4.79 Å². The summed E-state index contributed by atoms with van der Waals surface area (Å²) >= 11 is 1.27. The molecule has 25 heavy (non-hydrogen) atoms. The fraction of sp³-hybridized carbons (Fsp3) is 0.611. The Labute approximate surface area is 152 Å². The molecule has 0 saturated carbocycles. The molecule has 0 bridgehead atoms. The highest BCUT2D eigenvalue weighted by Crippen LogP contribution is 2.32. The van der Waals surface area contributed by atoms with Crippen LogP contribution in [0.2, 0.25) is 0 Å². The molecule has 3 heterocycles. The molecular formula is C18H25N5OS. The fourth-order valence-corrected chi connectivity index (χ4v) is 4.68. The molecule has 1 aromatic carbocycles. The Morgan fingerprint density at radius 3 is 2.84 bits per heavy atom. The Kier molecular flexibility index (Phi) is 4.47. The van der Waals surface area contributed by atoms with Crippen LogP contribution in [0, 0.1) is 0 Å². The monoisotopic (exact) mass is 359 g/mol. The number of rotatable bonds is 2. The van der Waals surface area contributed by atoms with Gasteiger partial charge in [0.2, 0.25) is 5.91 Å². The SMILES string of the molecule is CN1CCC2(CCC1=O)CN(Cc1ccc3nsnc3c1)CCN2C. The third kappa shape index (κ3) is 3.28. The summed E-state index contributed by atoms with van der Waals surface area (Å²) in [6, 6.07) is 6.40. The number of carbonyl (C=O) groups excluding carboxylic acids is 1. The number of likely N-dealkylation sites (tertiary alicyclic amines) is 1. The molecule has 4 rings (SSSR count). The number of nitrogens with zero attached hydrogens (tertiary/aromatic N) is 5. The molecule has 1 spiro atoms. The van der Waals surface area contributed by atoms with Gasteiger partial charge in [-0.2, -0.15) is 8.75 Å². The predicted molar refractivity (Wildman–Crippen MR) is 99.5 cm³/mol. The lowest BCUT2D eigenvalue weighted by molar-refractivity contribution is -0.129. The minimum Gasteiger partial charge on any atom is -0.346 e. The summed E-state index contributed by atoms with van der Waals surface area (Å²) in [6.45, 7) is 4.94. The summed E-state index contributed by atoms with van der Waals surface area (Å²) in [4.78, 5) is 19.0. The highest BCUT2D eigenvalue weighted by molar-refractivity contribution is 7.00. The maximum atomic E-state index is 12.1. The molecule has 2 aliphatic rings. The Bertz CT molecular complexity index is 778. The summed E-state index contributed by atoms with van der Waals surface area (Å²) in [5.41, 5.74) is 3.38. The average Bonchev–Trinajstić information content (AvgIpc) is 3.03. The van der Waals surface area contributed by atoms with Crippen LogP contribution in [0.4, 0.5) is 0 Å². The van der Waals surface area contributed by atoms with Crippen LogP contribution in [0.15, 0.2) is 18.2 Å². The maximum Gasteiger partial charge on any atom is 0.222 e. The summed E-state index contributed by atoms with van der Waals surface area (Å²) in [5.74, 6) is 0.281. The second kappa shape index (κ2) is 6.63. The van der Waals surface area contributed by atoms with Gasteiger partial charge in [-0.05, 0) is 37.6 Å². The van der Waals surface area contributed by atoms with Gasteiger partial charge in [-0.3, -0.25) is 14.6 Å². The van der Waals surface area contributed by atoms with Gasteiger partial charge >= 0.3 is 0 Å². The molecule has 2 fully saturated rings. The van der Waals surface area contributed by atoms with Gasteiger partial charge in [-0.25, -0.2) is 0 Å². The van der Waals surface area contributed by atoms with Crippen molar-refractivity contribution in [3.63, 3.8) is 0 Å². The highest BCUT2D eigenvalue weighted by atomic mass is 32.1. The molecule has 0 aliphatic carbocycles. The Morgan fingerprint density at radius 1 is 1.12 bits per heavy atom. The van der Waals surface area contributed by atoms with Crippen molar-refractivity contribution >= 4 is 28.7 Å². The smallest absolute Gasteiger partial charge is 0.222 e. The number of aromatic nitrogens is 2. The summed E-state index contributed by atoms with van der Waals surface area (Å²) in [5, 5.41) is 0. The molecular weight excluding hydrogens is 334 g/mol. The molecule has 1 amide bonds. The Morgan fingerprint density at radius 2 is 1.96 bits per heavy atom. The number of hydrogen-bond donors (Lipinski definition) is 0. The number of fused-ring (bicyclic) bond motifs is 1. The van der Waals surface area contributed by atoms with Crippen LogP contribution in [0.3, 0.4) is 0 Å². The zero-order valence-corrected chi connectivity index (χ0v) is 15.8. The van der Waals surface area contributed by atoms with Crippen molar-refractivity contribution in [1.29, 1.82) is 0 Å². The number of piperazine rings is 1. The van der Waals surface area contributed by atoms with Gasteiger partial charge < -0.3 is 4.90 Å². The van der Waals surface area contributed by atoms with Crippen molar-refractivity contribution in [3.05, 3.63) is 23.8 Å². The minimum atomic E-state index is 0.116. The number of benzene rings is 1. The van der Waals surface area contributed by atoms with Crippen LogP contribution in [0.25, 0.3) is 11.0 Å². The highest BCUT2D eigenvalue weighted by Gasteiger charge is 2.41. The van der Waals surface area contributed by atoms with E-state index in [0.717, 1.165) is 56.6 Å². The van der Waals surface area contributed by atoms with Crippen molar-refractivity contribution in [3.8, 4) is 0 Å². The first-order valence-electron chi connectivity index (χ1n) is 8.95. The van der Waals surface area contributed by atoms with Gasteiger partial charge in [0, 0.05) is 51.7 Å². The summed E-state index contributed by atoms with van der Waals surface area (Å²) in [7, 11) is 4.15. The molecule has 6 nitrogen and oxygen atoms in total. The third-order valence-electron chi connectivity index (χ3n) is 5.95. The fourth-order valence-electron chi connectivity index (χ4n) is 4.16. The lowest BCUT2D eigenvalue weighted by atomic mass is 9.86. The standard InChI is InChI=1S/C18H25N5OS/c1-21-8-7-18(6-5-17(21)24)13-23(10-9-22(18)2)12-14-3-4-15-16(11-14)20-25-19-15/h3-4,11H,5-10,12-13H2,1-2H3. The quantitative estimate of drug-likeness (QED) is 0.819. The molecule has 2 aromatic rings. The van der Waals surface area contributed by atoms with Crippen molar-refractivity contribution in [1.82, 2.24) is 23.4 Å². The van der Waals surface area contributed by atoms with Crippen LogP contribution in [-0.2, 0) is 11.3 Å². The van der Waals surface area contributed by atoms with E-state index in [0.29, 0.717) is 6.42 Å². The molecule has 1 aromatic heterocycles. The van der Waals surface area contributed by atoms with Gasteiger partial charge in [0.15, 0.2) is 0 Å². The van der Waals surface area contributed by atoms with Crippen molar-refractivity contribution in [2.24, 2.45) is 0 Å². The third-order valence-corrected chi connectivity index (χ3v) is 6.50. The molecule has 2 saturated heterocycles. The zero-order chi connectivity index (χ0) is 17.4. The first kappa shape index (κ1) is 16.9. The predicted octanol–water partition coefficient (Wildman–Crippen LogP) is 1.82. The number of likely N-dealkylation sites (N-methyl/N-ethyl adjacent to an activating group) is 1. The van der Waals surface area contributed by atoms with E-state index in [1.807, 2.05) is 11.9 Å². The Balaban J connectivity index is 1.50. The van der Waals surface area contributed by atoms with Gasteiger partial charge in [-0.1, -0.05) is 6.07 Å². The van der Waals surface area contributed by atoms with Crippen LogP contribution in [0.1, 0.15) is 24.8 Å². The molecule has 1 unspecified atom stereocenters. The molecule has 7 heteroatoms. The second-order valence-electron chi connectivity index (χ2n) is 7.51. The van der Waals surface area contributed by atoms with Gasteiger partial charge in [-0.15, -0.1) is 0 Å². The van der Waals surface area contributed by atoms with E-state index >= 15 is 0 Å². The van der Waals surface area contributed by atoms with Crippen molar-refractivity contribution in [2.75, 3.05) is 40.3 Å². The van der Waals surface area contributed by atoms with Crippen LogP contribution in [0.5, 0.6) is 0 Å². The van der Waals surface area contributed by atoms with E-state index in [4.69, 9.17) is 0 Å². The lowest BCUT2D eigenvalue weighted by Crippen LogP contribution is -2.60. The zero-order valence-electron chi connectivity index (χ0n) is 14.9. The van der Waals surface area contributed by atoms with Crippen LogP contribution >= 0.6 is 11.7 Å². The van der Waals surface area contributed by atoms with Crippen LogP contribution in [-0.4, -0.2) is 75.2 Å². The van der Waals surface area contributed by atoms with Gasteiger partial charge in [0.1, 0.15) is 11.0 Å². The van der Waals surface area contributed by atoms with Gasteiger partial charge in [0.25, 0.3) is 0 Å². The van der Waals surface area contributed by atoms with E-state index in [1.54, 1.807) is 0 Å². The number of amides is 1. The first-order chi connectivity index (χ1) is 12.1. The topological polar surface area (TPSA) is 52.6 Å². The lowest BCUT2D eigenvalue weighted by Gasteiger charge is -2.49. The summed E-state index contributed by atoms with van der Waals surface area (Å²) < 4.78 is 8.64. The molecule has 0 N–H and O–H groups in total.